The quantitative estimate of drug-likeness (QED) is 0.657. The average molecular weight is 188 g/mol. The van der Waals surface area contributed by atoms with E-state index in [-0.39, 0.29) is 18.2 Å². The lowest BCUT2D eigenvalue weighted by molar-refractivity contribution is -0.00461. The zero-order chi connectivity index (χ0) is 9.84. The first-order chi connectivity index (χ1) is 6.17. The Morgan fingerprint density at radius 2 is 1.77 bits per heavy atom. The highest BCUT2D eigenvalue weighted by Gasteiger charge is 2.32. The van der Waals surface area contributed by atoms with Crippen molar-refractivity contribution in [2.45, 2.75) is 25.2 Å². The molecule has 1 rings (SSSR count). The lowest BCUT2D eigenvalue weighted by Crippen LogP contribution is -2.34. The van der Waals surface area contributed by atoms with E-state index >= 15 is 0 Å². The molecule has 3 unspecified atom stereocenters. The minimum atomic E-state index is 0.198. The number of ether oxygens (including phenoxy) is 2. The van der Waals surface area contributed by atoms with Crippen molar-refractivity contribution in [1.82, 2.24) is 4.90 Å². The molecule has 4 nitrogen and oxygen atoms in total. The second kappa shape index (κ2) is 4.91. The number of rotatable bonds is 4. The molecule has 0 amide bonds. The van der Waals surface area contributed by atoms with E-state index in [1.165, 1.54) is 0 Å². The Balaban J connectivity index is 2.38. The van der Waals surface area contributed by atoms with Crippen LogP contribution in [0.1, 0.15) is 6.92 Å². The van der Waals surface area contributed by atoms with Crippen molar-refractivity contribution in [2.24, 2.45) is 5.73 Å². The monoisotopic (exact) mass is 188 g/mol. The van der Waals surface area contributed by atoms with Crippen LogP contribution < -0.4 is 5.73 Å². The van der Waals surface area contributed by atoms with Gasteiger partial charge in [0.1, 0.15) is 0 Å². The van der Waals surface area contributed by atoms with Crippen molar-refractivity contribution in [3.05, 3.63) is 0 Å². The first kappa shape index (κ1) is 10.9. The molecule has 0 aromatic carbocycles. The Hall–Kier alpha value is -0.160. The van der Waals surface area contributed by atoms with Gasteiger partial charge in [-0.15, -0.1) is 0 Å². The molecule has 1 aliphatic rings. The van der Waals surface area contributed by atoms with E-state index in [1.54, 1.807) is 14.2 Å². The Kier molecular flexibility index (Phi) is 4.12. The highest BCUT2D eigenvalue weighted by molar-refractivity contribution is 4.86. The maximum atomic E-state index is 5.72. The second-order valence-corrected chi connectivity index (χ2v) is 3.74. The Bertz CT molecular complexity index is 141. The summed E-state index contributed by atoms with van der Waals surface area (Å²) < 4.78 is 10.6. The predicted octanol–water partition coefficient (Wildman–Crippen LogP) is -0.321. The number of hydrogen-bond donors (Lipinski definition) is 1. The molecule has 0 saturated carbocycles. The third-order valence-electron chi connectivity index (χ3n) is 2.44. The van der Waals surface area contributed by atoms with E-state index in [4.69, 9.17) is 15.2 Å². The largest absolute Gasteiger partial charge is 0.377 e. The standard InChI is InChI=1S/C9H20N2O2/c1-7(10)4-11-5-8(12-2)9(6-11)13-3/h7-9H,4-6,10H2,1-3H3. The van der Waals surface area contributed by atoms with Crippen LogP contribution in [0.2, 0.25) is 0 Å². The number of methoxy groups -OCH3 is 2. The number of likely N-dealkylation sites (tertiary alicyclic amines) is 1. The van der Waals surface area contributed by atoms with E-state index < -0.39 is 0 Å². The highest BCUT2D eigenvalue weighted by atomic mass is 16.5. The van der Waals surface area contributed by atoms with Crippen molar-refractivity contribution < 1.29 is 9.47 Å². The maximum Gasteiger partial charge on any atom is 0.0971 e. The maximum absolute atomic E-state index is 5.72. The molecule has 13 heavy (non-hydrogen) atoms. The van der Waals surface area contributed by atoms with Crippen LogP contribution >= 0.6 is 0 Å². The molecule has 4 heteroatoms. The van der Waals surface area contributed by atoms with Crippen LogP contribution in [0.4, 0.5) is 0 Å². The molecule has 1 heterocycles. The summed E-state index contributed by atoms with van der Waals surface area (Å²) in [6.07, 6.45) is 0.396. The molecule has 78 valence electrons. The van der Waals surface area contributed by atoms with Crippen LogP contribution in [0.3, 0.4) is 0 Å². The molecular weight excluding hydrogens is 168 g/mol. The van der Waals surface area contributed by atoms with Crippen molar-refractivity contribution in [3.8, 4) is 0 Å². The minimum absolute atomic E-state index is 0.198. The number of nitrogens with two attached hydrogens (primary N) is 1. The zero-order valence-corrected chi connectivity index (χ0v) is 8.69. The molecular formula is C9H20N2O2. The van der Waals surface area contributed by atoms with Crippen molar-refractivity contribution in [3.63, 3.8) is 0 Å². The van der Waals surface area contributed by atoms with Gasteiger partial charge in [-0.3, -0.25) is 4.90 Å². The van der Waals surface area contributed by atoms with Crippen LogP contribution in [0.25, 0.3) is 0 Å². The van der Waals surface area contributed by atoms with Gasteiger partial charge in [-0.1, -0.05) is 0 Å². The van der Waals surface area contributed by atoms with Gasteiger partial charge in [0.25, 0.3) is 0 Å². The van der Waals surface area contributed by atoms with Crippen molar-refractivity contribution in [1.29, 1.82) is 0 Å². The molecule has 0 bridgehead atoms. The van der Waals surface area contributed by atoms with Crippen LogP contribution in [-0.2, 0) is 9.47 Å². The fourth-order valence-electron chi connectivity index (χ4n) is 1.83. The third-order valence-corrected chi connectivity index (χ3v) is 2.44. The van der Waals surface area contributed by atoms with E-state index in [2.05, 4.69) is 4.90 Å². The van der Waals surface area contributed by atoms with Gasteiger partial charge in [0.05, 0.1) is 12.2 Å². The first-order valence-electron chi connectivity index (χ1n) is 4.71. The van der Waals surface area contributed by atoms with Gasteiger partial charge in [-0.05, 0) is 6.92 Å². The van der Waals surface area contributed by atoms with Gasteiger partial charge in [0, 0.05) is 39.9 Å². The summed E-state index contributed by atoms with van der Waals surface area (Å²) in [4.78, 5) is 2.28. The number of nitrogens with zero attached hydrogens (tertiary/aromatic N) is 1. The van der Waals surface area contributed by atoms with Crippen LogP contribution in [0.15, 0.2) is 0 Å². The molecule has 3 atom stereocenters. The fourth-order valence-corrected chi connectivity index (χ4v) is 1.83. The fraction of sp³-hybridized carbons (Fsp3) is 1.00. The van der Waals surface area contributed by atoms with Gasteiger partial charge >= 0.3 is 0 Å². The van der Waals surface area contributed by atoms with Gasteiger partial charge < -0.3 is 15.2 Å². The lowest BCUT2D eigenvalue weighted by Gasteiger charge is -2.17. The van der Waals surface area contributed by atoms with Crippen LogP contribution in [-0.4, -0.2) is 57.0 Å². The molecule has 0 aromatic rings. The predicted molar refractivity (Wildman–Crippen MR) is 51.7 cm³/mol. The van der Waals surface area contributed by atoms with Crippen molar-refractivity contribution in [2.75, 3.05) is 33.9 Å². The summed E-state index contributed by atoms with van der Waals surface area (Å²) in [5, 5.41) is 0. The van der Waals surface area contributed by atoms with Gasteiger partial charge in [-0.2, -0.15) is 0 Å². The summed E-state index contributed by atoms with van der Waals surface area (Å²) in [7, 11) is 3.46. The minimum Gasteiger partial charge on any atom is -0.377 e. The summed E-state index contributed by atoms with van der Waals surface area (Å²) in [5.74, 6) is 0. The molecule has 0 aromatic heterocycles. The van der Waals surface area contributed by atoms with Crippen molar-refractivity contribution >= 4 is 0 Å². The molecule has 1 aliphatic heterocycles. The summed E-state index contributed by atoms with van der Waals surface area (Å²) in [6, 6.07) is 0.216. The third kappa shape index (κ3) is 2.91. The molecule has 1 fully saturated rings. The topological polar surface area (TPSA) is 47.7 Å². The Labute approximate surface area is 80.0 Å². The first-order valence-corrected chi connectivity index (χ1v) is 4.71. The zero-order valence-electron chi connectivity index (χ0n) is 8.69. The smallest absolute Gasteiger partial charge is 0.0971 e. The van der Waals surface area contributed by atoms with Crippen LogP contribution in [0.5, 0.6) is 0 Å². The van der Waals surface area contributed by atoms with Gasteiger partial charge in [-0.25, -0.2) is 0 Å². The second-order valence-electron chi connectivity index (χ2n) is 3.74. The Morgan fingerprint density at radius 3 is 2.08 bits per heavy atom. The molecule has 0 radical (unpaired) electrons. The van der Waals surface area contributed by atoms with E-state index in [0.29, 0.717) is 0 Å². The summed E-state index contributed by atoms with van der Waals surface area (Å²) >= 11 is 0. The summed E-state index contributed by atoms with van der Waals surface area (Å²) in [6.45, 7) is 4.79. The van der Waals surface area contributed by atoms with Gasteiger partial charge in [0.15, 0.2) is 0 Å². The molecule has 1 saturated heterocycles. The van der Waals surface area contributed by atoms with E-state index in [9.17, 15) is 0 Å². The van der Waals surface area contributed by atoms with Crippen LogP contribution in [0, 0.1) is 0 Å². The normalized spacial score (nSPS) is 32.3. The molecule has 2 N–H and O–H groups in total. The average Bonchev–Trinajstić information content (AvgIpc) is 2.45. The SMILES string of the molecule is COC1CN(CC(C)N)CC1OC. The molecule has 0 aliphatic carbocycles. The summed E-state index contributed by atoms with van der Waals surface area (Å²) in [5.41, 5.74) is 5.72. The highest BCUT2D eigenvalue weighted by Crippen LogP contribution is 2.15. The van der Waals surface area contributed by atoms with Gasteiger partial charge in [0.2, 0.25) is 0 Å². The lowest BCUT2D eigenvalue weighted by atomic mass is 10.3. The van der Waals surface area contributed by atoms with E-state index in [1.807, 2.05) is 6.92 Å². The molecule has 0 spiro atoms. The Morgan fingerprint density at radius 1 is 1.31 bits per heavy atom. The number of hydrogen-bond acceptors (Lipinski definition) is 4. The van der Waals surface area contributed by atoms with E-state index in [0.717, 1.165) is 19.6 Å².